The number of carbonyl (C=O) groups is 1. The number of hydrogen-bond donors (Lipinski definition) is 2. The van der Waals surface area contributed by atoms with Crippen LogP contribution >= 0.6 is 0 Å². The molecule has 3 aromatic rings. The summed E-state index contributed by atoms with van der Waals surface area (Å²) >= 11 is 0. The Balaban J connectivity index is 1.39. The summed E-state index contributed by atoms with van der Waals surface area (Å²) in [5.41, 5.74) is 4.36. The molecule has 31 heavy (non-hydrogen) atoms. The molecule has 0 atom stereocenters. The van der Waals surface area contributed by atoms with Gasteiger partial charge in [0.2, 0.25) is 11.7 Å². The summed E-state index contributed by atoms with van der Waals surface area (Å²) in [6.07, 6.45) is 2.87. The largest absolute Gasteiger partial charge is 0.481 e. The number of rotatable bonds is 5. The first kappa shape index (κ1) is 21.1. The third-order valence-corrected chi connectivity index (χ3v) is 6.05. The van der Waals surface area contributed by atoms with Gasteiger partial charge < -0.3 is 14.9 Å². The van der Waals surface area contributed by atoms with Gasteiger partial charge in [0.05, 0.1) is 5.92 Å². The number of carboxylic acid groups (broad SMARTS) is 1. The second kappa shape index (κ2) is 8.53. The number of nitrogens with one attached hydrogen (secondary N) is 1. The monoisotopic (exact) mass is 419 g/mol. The minimum Gasteiger partial charge on any atom is -0.481 e. The first-order valence-electron chi connectivity index (χ1n) is 10.8. The fourth-order valence-electron chi connectivity index (χ4n) is 4.03. The Bertz CT molecular complexity index is 1030. The minimum atomic E-state index is -0.705. The van der Waals surface area contributed by atoms with E-state index in [-0.39, 0.29) is 17.3 Å². The average Bonchev–Trinajstić information content (AvgIpc) is 3.24. The number of carboxylic acids is 1. The molecule has 162 valence electrons. The molecule has 0 aliphatic heterocycles. The molecule has 1 aromatic heterocycles. The first-order chi connectivity index (χ1) is 14.8. The predicted octanol–water partition coefficient (Wildman–Crippen LogP) is 6.14. The topological polar surface area (TPSA) is 88.2 Å². The van der Waals surface area contributed by atoms with Crippen LogP contribution in [0.25, 0.3) is 11.4 Å². The van der Waals surface area contributed by atoms with Crippen LogP contribution < -0.4 is 5.32 Å². The van der Waals surface area contributed by atoms with Crippen LogP contribution in [-0.4, -0.2) is 21.2 Å². The maximum atomic E-state index is 11.1. The van der Waals surface area contributed by atoms with Crippen LogP contribution in [0.3, 0.4) is 0 Å². The van der Waals surface area contributed by atoms with Crippen LogP contribution in [0.1, 0.15) is 63.8 Å². The molecule has 0 saturated heterocycles. The second-order valence-corrected chi connectivity index (χ2v) is 9.37. The molecule has 0 radical (unpaired) electrons. The van der Waals surface area contributed by atoms with Crippen molar-refractivity contribution in [2.75, 3.05) is 5.32 Å². The van der Waals surface area contributed by atoms with Crippen LogP contribution in [0.5, 0.6) is 0 Å². The molecule has 0 unspecified atom stereocenters. The van der Waals surface area contributed by atoms with Gasteiger partial charge >= 0.3 is 5.97 Å². The molecule has 1 aliphatic carbocycles. The van der Waals surface area contributed by atoms with Crippen molar-refractivity contribution in [1.29, 1.82) is 0 Å². The third kappa shape index (κ3) is 4.95. The standard InChI is InChI=1S/C25H29N3O3/c1-25(2,3)19-10-14-21(15-11-19)26-20-12-8-16(9-13-20)22-27-23(31-28-22)17-4-6-18(7-5-17)24(29)30/h8-15,17-18,26H,4-7H2,1-3H3,(H,29,30)/t17-,18-. The van der Waals surface area contributed by atoms with Crippen molar-refractivity contribution in [3.05, 3.63) is 60.0 Å². The van der Waals surface area contributed by atoms with E-state index in [1.54, 1.807) is 0 Å². The number of nitrogens with zero attached hydrogens (tertiary/aromatic N) is 2. The molecule has 4 rings (SSSR count). The molecule has 6 heteroatoms. The van der Waals surface area contributed by atoms with Gasteiger partial charge in [-0.1, -0.05) is 38.1 Å². The minimum absolute atomic E-state index is 0.138. The Labute approximate surface area is 182 Å². The van der Waals surface area contributed by atoms with E-state index in [0.29, 0.717) is 24.6 Å². The number of aromatic nitrogens is 2. The highest BCUT2D eigenvalue weighted by molar-refractivity contribution is 5.70. The van der Waals surface area contributed by atoms with E-state index in [9.17, 15) is 4.79 Å². The number of aliphatic carboxylic acids is 1. The summed E-state index contributed by atoms with van der Waals surface area (Å²) in [6.45, 7) is 6.62. The zero-order valence-corrected chi connectivity index (χ0v) is 18.3. The number of benzene rings is 2. The lowest BCUT2D eigenvalue weighted by Crippen LogP contribution is -2.20. The highest BCUT2D eigenvalue weighted by Crippen LogP contribution is 2.36. The fourth-order valence-corrected chi connectivity index (χ4v) is 4.03. The molecule has 1 heterocycles. The zero-order chi connectivity index (χ0) is 22.0. The van der Waals surface area contributed by atoms with E-state index >= 15 is 0 Å². The Morgan fingerprint density at radius 2 is 1.55 bits per heavy atom. The summed E-state index contributed by atoms with van der Waals surface area (Å²) in [7, 11) is 0. The van der Waals surface area contributed by atoms with Gasteiger partial charge in [-0.3, -0.25) is 4.79 Å². The summed E-state index contributed by atoms with van der Waals surface area (Å²) in [6, 6.07) is 16.5. The van der Waals surface area contributed by atoms with E-state index in [1.807, 2.05) is 24.3 Å². The quantitative estimate of drug-likeness (QED) is 0.517. The van der Waals surface area contributed by atoms with Crippen molar-refractivity contribution in [1.82, 2.24) is 10.1 Å². The Hall–Kier alpha value is -3.15. The summed E-state index contributed by atoms with van der Waals surface area (Å²) in [5.74, 6) is 0.372. The Morgan fingerprint density at radius 1 is 0.968 bits per heavy atom. The summed E-state index contributed by atoms with van der Waals surface area (Å²) in [5, 5.41) is 16.7. The lowest BCUT2D eigenvalue weighted by Gasteiger charge is -2.23. The molecule has 2 N–H and O–H groups in total. The SMILES string of the molecule is CC(C)(C)c1ccc(Nc2ccc(-c3noc([C@H]4CC[C@H](C(=O)O)CC4)n3)cc2)cc1. The van der Waals surface area contributed by atoms with Gasteiger partial charge in [-0.15, -0.1) is 0 Å². The smallest absolute Gasteiger partial charge is 0.306 e. The Morgan fingerprint density at radius 3 is 2.10 bits per heavy atom. The van der Waals surface area contributed by atoms with Gasteiger partial charge in [0.25, 0.3) is 0 Å². The van der Waals surface area contributed by atoms with Crippen LogP contribution in [0.2, 0.25) is 0 Å². The van der Waals surface area contributed by atoms with Crippen LogP contribution in [0, 0.1) is 5.92 Å². The van der Waals surface area contributed by atoms with Gasteiger partial charge in [0, 0.05) is 22.9 Å². The van der Waals surface area contributed by atoms with Gasteiger partial charge in [-0.2, -0.15) is 4.98 Å². The number of hydrogen-bond acceptors (Lipinski definition) is 5. The van der Waals surface area contributed by atoms with Gasteiger partial charge in [-0.25, -0.2) is 0 Å². The molecule has 1 aliphatic rings. The van der Waals surface area contributed by atoms with E-state index < -0.39 is 5.97 Å². The maximum Gasteiger partial charge on any atom is 0.306 e. The molecule has 0 bridgehead atoms. The highest BCUT2D eigenvalue weighted by atomic mass is 16.5. The van der Waals surface area contributed by atoms with Crippen LogP contribution in [0.15, 0.2) is 53.1 Å². The van der Waals surface area contributed by atoms with E-state index in [4.69, 9.17) is 9.63 Å². The Kier molecular flexibility index (Phi) is 5.81. The molecule has 6 nitrogen and oxygen atoms in total. The molecule has 1 fully saturated rings. The first-order valence-corrected chi connectivity index (χ1v) is 10.8. The van der Waals surface area contributed by atoms with Crippen LogP contribution in [-0.2, 0) is 10.2 Å². The van der Waals surface area contributed by atoms with Crippen molar-refractivity contribution in [2.24, 2.45) is 5.92 Å². The molecule has 2 aromatic carbocycles. The lowest BCUT2D eigenvalue weighted by atomic mass is 9.82. The van der Waals surface area contributed by atoms with Crippen molar-refractivity contribution in [3.63, 3.8) is 0 Å². The van der Waals surface area contributed by atoms with E-state index in [2.05, 4.69) is 60.5 Å². The lowest BCUT2D eigenvalue weighted by molar-refractivity contribution is -0.142. The van der Waals surface area contributed by atoms with E-state index in [0.717, 1.165) is 29.8 Å². The van der Waals surface area contributed by atoms with Gasteiger partial charge in [0.15, 0.2) is 0 Å². The van der Waals surface area contributed by atoms with Crippen molar-refractivity contribution < 1.29 is 14.4 Å². The normalized spacial score (nSPS) is 19.2. The fraction of sp³-hybridized carbons (Fsp3) is 0.400. The average molecular weight is 420 g/mol. The predicted molar refractivity (Wildman–Crippen MR) is 120 cm³/mol. The van der Waals surface area contributed by atoms with Crippen molar-refractivity contribution in [3.8, 4) is 11.4 Å². The van der Waals surface area contributed by atoms with Crippen LogP contribution in [0.4, 0.5) is 11.4 Å². The summed E-state index contributed by atoms with van der Waals surface area (Å²) < 4.78 is 5.49. The van der Waals surface area contributed by atoms with Crippen molar-refractivity contribution in [2.45, 2.75) is 57.8 Å². The number of anilines is 2. The van der Waals surface area contributed by atoms with Gasteiger partial charge in [-0.05, 0) is 73.1 Å². The molecule has 0 amide bonds. The molecular formula is C25H29N3O3. The van der Waals surface area contributed by atoms with Gasteiger partial charge in [0.1, 0.15) is 0 Å². The second-order valence-electron chi connectivity index (χ2n) is 9.37. The molecule has 1 saturated carbocycles. The van der Waals surface area contributed by atoms with E-state index in [1.165, 1.54) is 5.56 Å². The summed E-state index contributed by atoms with van der Waals surface area (Å²) in [4.78, 5) is 15.7. The molecular weight excluding hydrogens is 390 g/mol. The zero-order valence-electron chi connectivity index (χ0n) is 18.3. The molecule has 0 spiro atoms. The third-order valence-electron chi connectivity index (χ3n) is 6.05. The highest BCUT2D eigenvalue weighted by Gasteiger charge is 2.29. The maximum absolute atomic E-state index is 11.1. The van der Waals surface area contributed by atoms with Crippen molar-refractivity contribution >= 4 is 17.3 Å².